The third kappa shape index (κ3) is 3.20. The van der Waals surface area contributed by atoms with Gasteiger partial charge < -0.3 is 14.8 Å². The Labute approximate surface area is 121 Å². The first-order chi connectivity index (χ1) is 9.43. The Kier molecular flexibility index (Phi) is 4.48. The summed E-state index contributed by atoms with van der Waals surface area (Å²) in [7, 11) is 0. The van der Waals surface area contributed by atoms with Gasteiger partial charge in [-0.1, -0.05) is 0 Å². The highest BCUT2D eigenvalue weighted by molar-refractivity contribution is 5.36. The van der Waals surface area contributed by atoms with E-state index < -0.39 is 0 Å². The van der Waals surface area contributed by atoms with Crippen LogP contribution in [0.1, 0.15) is 40.5 Å². The molecule has 1 atom stereocenters. The van der Waals surface area contributed by atoms with Gasteiger partial charge in [0.05, 0.1) is 0 Å². The van der Waals surface area contributed by atoms with Gasteiger partial charge in [-0.2, -0.15) is 0 Å². The molecule has 1 unspecified atom stereocenters. The number of aromatic nitrogens is 2. The van der Waals surface area contributed by atoms with Gasteiger partial charge >= 0.3 is 0 Å². The number of anilines is 1. The molecule has 5 heteroatoms. The van der Waals surface area contributed by atoms with E-state index in [9.17, 15) is 4.79 Å². The van der Waals surface area contributed by atoms with Crippen molar-refractivity contribution in [3.8, 4) is 0 Å². The van der Waals surface area contributed by atoms with Crippen molar-refractivity contribution in [2.75, 3.05) is 24.5 Å². The molecule has 1 aromatic heterocycles. The molecule has 1 aliphatic heterocycles. The summed E-state index contributed by atoms with van der Waals surface area (Å²) < 4.78 is 1.76. The minimum absolute atomic E-state index is 0.000142. The third-order valence-corrected chi connectivity index (χ3v) is 3.83. The van der Waals surface area contributed by atoms with Gasteiger partial charge in [-0.25, -0.2) is 4.98 Å². The van der Waals surface area contributed by atoms with E-state index in [1.54, 1.807) is 17.0 Å². The minimum Gasteiger partial charge on any atom is -0.351 e. The number of rotatable bonds is 4. The van der Waals surface area contributed by atoms with Crippen molar-refractivity contribution in [3.05, 3.63) is 22.7 Å². The molecule has 0 amide bonds. The molecule has 1 N–H and O–H groups in total. The predicted molar refractivity (Wildman–Crippen MR) is 82.4 cm³/mol. The Hall–Kier alpha value is -1.36. The molecule has 2 rings (SSSR count). The molecular weight excluding hydrogens is 252 g/mol. The van der Waals surface area contributed by atoms with E-state index in [-0.39, 0.29) is 11.1 Å². The summed E-state index contributed by atoms with van der Waals surface area (Å²) in [6, 6.07) is 0.472. The fraction of sp³-hybridized carbons (Fsp3) is 0.733. The van der Waals surface area contributed by atoms with Crippen LogP contribution in [0, 0.1) is 0 Å². The van der Waals surface area contributed by atoms with Crippen LogP contribution in [0.3, 0.4) is 0 Å². The number of hydrogen-bond donors (Lipinski definition) is 1. The molecule has 2 heterocycles. The lowest BCUT2D eigenvalue weighted by molar-refractivity contribution is 0.382. The minimum atomic E-state index is -0.222. The van der Waals surface area contributed by atoms with Crippen LogP contribution in [0.4, 0.5) is 5.82 Å². The molecule has 0 aliphatic carbocycles. The van der Waals surface area contributed by atoms with Crippen LogP contribution in [0.15, 0.2) is 17.2 Å². The van der Waals surface area contributed by atoms with Crippen LogP contribution < -0.4 is 15.8 Å². The first-order valence-electron chi connectivity index (χ1n) is 7.50. The second-order valence-electron chi connectivity index (χ2n) is 6.43. The predicted octanol–water partition coefficient (Wildman–Crippen LogP) is 1.58. The Morgan fingerprint density at radius 2 is 2.25 bits per heavy atom. The van der Waals surface area contributed by atoms with Gasteiger partial charge in [0, 0.05) is 37.1 Å². The summed E-state index contributed by atoms with van der Waals surface area (Å²) in [5.74, 6) is 0.568. The Balaban J connectivity index is 2.27. The second-order valence-corrected chi connectivity index (χ2v) is 6.43. The number of hydrogen-bond acceptors (Lipinski definition) is 4. The van der Waals surface area contributed by atoms with E-state index in [1.165, 1.54) is 12.8 Å². The van der Waals surface area contributed by atoms with Gasteiger partial charge in [0.1, 0.15) is 0 Å². The molecule has 1 saturated heterocycles. The van der Waals surface area contributed by atoms with Gasteiger partial charge in [-0.15, -0.1) is 0 Å². The average Bonchev–Trinajstić information content (AvgIpc) is 2.88. The fourth-order valence-electron chi connectivity index (χ4n) is 2.69. The van der Waals surface area contributed by atoms with Crippen LogP contribution in [0.25, 0.3) is 0 Å². The number of nitrogens with one attached hydrogen (secondary N) is 1. The van der Waals surface area contributed by atoms with Crippen LogP contribution >= 0.6 is 0 Å². The lowest BCUT2D eigenvalue weighted by Gasteiger charge is -2.28. The van der Waals surface area contributed by atoms with Crippen molar-refractivity contribution in [2.45, 2.75) is 52.1 Å². The van der Waals surface area contributed by atoms with Crippen LogP contribution in [-0.2, 0) is 5.54 Å². The molecule has 1 aromatic rings. The Morgan fingerprint density at radius 1 is 1.50 bits per heavy atom. The Bertz CT molecular complexity index is 497. The topological polar surface area (TPSA) is 50.2 Å². The maximum absolute atomic E-state index is 12.6. The summed E-state index contributed by atoms with van der Waals surface area (Å²) in [6.07, 6.45) is 5.90. The number of likely N-dealkylation sites (N-methyl/N-ethyl adjacent to an activating group) is 1. The van der Waals surface area contributed by atoms with Crippen LogP contribution in [-0.4, -0.2) is 35.2 Å². The maximum Gasteiger partial charge on any atom is 0.293 e. The quantitative estimate of drug-likeness (QED) is 0.908. The summed E-state index contributed by atoms with van der Waals surface area (Å²) in [5, 5.41) is 3.48. The van der Waals surface area contributed by atoms with Crippen molar-refractivity contribution < 1.29 is 0 Å². The SMILES string of the molecule is CCN(CC1CCCN1)c1nccn(C(C)(C)C)c1=O. The first-order valence-corrected chi connectivity index (χ1v) is 7.50. The fourth-order valence-corrected chi connectivity index (χ4v) is 2.69. The largest absolute Gasteiger partial charge is 0.351 e. The van der Waals surface area contributed by atoms with Gasteiger partial charge in [-0.3, -0.25) is 4.79 Å². The standard InChI is InChI=1S/C15H26N4O/c1-5-18(11-12-7-6-8-16-12)13-14(20)19(10-9-17-13)15(2,3)4/h9-10,12,16H,5-8,11H2,1-4H3. The van der Waals surface area contributed by atoms with E-state index in [0.717, 1.165) is 19.6 Å². The summed E-state index contributed by atoms with van der Waals surface area (Å²) in [4.78, 5) is 19.0. The van der Waals surface area contributed by atoms with Crippen molar-refractivity contribution in [2.24, 2.45) is 0 Å². The molecule has 0 saturated carbocycles. The van der Waals surface area contributed by atoms with Gasteiger partial charge in [-0.05, 0) is 47.1 Å². The summed E-state index contributed by atoms with van der Waals surface area (Å²) >= 11 is 0. The Morgan fingerprint density at radius 3 is 2.80 bits per heavy atom. The second kappa shape index (κ2) is 5.95. The van der Waals surface area contributed by atoms with E-state index in [4.69, 9.17) is 0 Å². The van der Waals surface area contributed by atoms with Crippen LogP contribution in [0.2, 0.25) is 0 Å². The summed E-state index contributed by atoms with van der Waals surface area (Å²) in [5.41, 5.74) is -0.223. The molecule has 0 radical (unpaired) electrons. The van der Waals surface area contributed by atoms with E-state index in [1.807, 2.05) is 20.8 Å². The molecule has 1 fully saturated rings. The highest BCUT2D eigenvalue weighted by atomic mass is 16.1. The molecular formula is C15H26N4O. The van der Waals surface area contributed by atoms with Gasteiger partial charge in [0.2, 0.25) is 0 Å². The van der Waals surface area contributed by atoms with Gasteiger partial charge in [0.25, 0.3) is 5.56 Å². The highest BCUT2D eigenvalue weighted by Gasteiger charge is 2.22. The molecule has 1 aliphatic rings. The highest BCUT2D eigenvalue weighted by Crippen LogP contribution is 2.14. The molecule has 0 aromatic carbocycles. The number of nitrogens with zero attached hydrogens (tertiary/aromatic N) is 3. The van der Waals surface area contributed by atoms with Crippen molar-refractivity contribution >= 4 is 5.82 Å². The zero-order chi connectivity index (χ0) is 14.8. The van der Waals surface area contributed by atoms with Crippen molar-refractivity contribution in [3.63, 3.8) is 0 Å². The summed E-state index contributed by atoms with van der Waals surface area (Å²) in [6.45, 7) is 10.9. The monoisotopic (exact) mass is 278 g/mol. The molecule has 0 spiro atoms. The molecule has 0 bridgehead atoms. The van der Waals surface area contributed by atoms with Crippen molar-refractivity contribution in [1.29, 1.82) is 0 Å². The normalized spacial score (nSPS) is 19.3. The lowest BCUT2D eigenvalue weighted by Crippen LogP contribution is -2.43. The third-order valence-electron chi connectivity index (χ3n) is 3.83. The molecule has 5 nitrogen and oxygen atoms in total. The van der Waals surface area contributed by atoms with E-state index >= 15 is 0 Å². The molecule has 112 valence electrons. The van der Waals surface area contributed by atoms with Gasteiger partial charge in [0.15, 0.2) is 5.82 Å². The zero-order valence-electron chi connectivity index (χ0n) is 13.0. The smallest absolute Gasteiger partial charge is 0.293 e. The average molecular weight is 278 g/mol. The first kappa shape index (κ1) is 15.0. The van der Waals surface area contributed by atoms with E-state index in [0.29, 0.717) is 11.9 Å². The van der Waals surface area contributed by atoms with Crippen molar-refractivity contribution in [1.82, 2.24) is 14.9 Å². The van der Waals surface area contributed by atoms with E-state index in [2.05, 4.69) is 22.1 Å². The van der Waals surface area contributed by atoms with Crippen LogP contribution in [0.5, 0.6) is 0 Å². The zero-order valence-corrected chi connectivity index (χ0v) is 13.0. The maximum atomic E-state index is 12.6. The lowest BCUT2D eigenvalue weighted by atomic mass is 10.1. The molecule has 20 heavy (non-hydrogen) atoms.